The van der Waals surface area contributed by atoms with Crippen molar-refractivity contribution in [2.24, 2.45) is 5.92 Å². The fourth-order valence-corrected chi connectivity index (χ4v) is 1.59. The first-order valence-electron chi connectivity index (χ1n) is 5.53. The molecule has 0 aliphatic rings. The molecule has 0 saturated carbocycles. The normalized spacial score (nSPS) is 11.9. The lowest BCUT2D eigenvalue weighted by molar-refractivity contribution is -0.138. The summed E-state index contributed by atoms with van der Waals surface area (Å²) in [5, 5.41) is 20.9. The Morgan fingerprint density at radius 1 is 1.47 bits per heavy atom. The summed E-state index contributed by atoms with van der Waals surface area (Å²) in [6.07, 6.45) is 0.523. The van der Waals surface area contributed by atoms with Gasteiger partial charge in [-0.25, -0.2) is 4.79 Å². The van der Waals surface area contributed by atoms with Crippen molar-refractivity contribution in [1.82, 2.24) is 0 Å². The number of hydrogen-bond donors (Lipinski definition) is 2. The Hall–Kier alpha value is -2.02. The van der Waals surface area contributed by atoms with E-state index < -0.39 is 12.0 Å². The second-order valence-electron chi connectivity index (χ2n) is 4.32. The molecule has 2 N–H and O–H groups in total. The monoisotopic (exact) mass is 232 g/mol. The van der Waals surface area contributed by atoms with E-state index in [2.05, 4.69) is 5.32 Å². The molecule has 0 amide bonds. The van der Waals surface area contributed by atoms with Crippen LogP contribution in [0.4, 0.5) is 5.69 Å². The Morgan fingerprint density at radius 2 is 2.12 bits per heavy atom. The van der Waals surface area contributed by atoms with Gasteiger partial charge in [0.2, 0.25) is 0 Å². The standard InChI is InChI=1S/C13H16N2O2/c1-9(2)7-12(13(16)17)15-11-6-4-3-5-10(11)8-14/h3-6,9,12,15H,7H2,1-2H3,(H,16,17)/t12-/m0/s1. The summed E-state index contributed by atoms with van der Waals surface area (Å²) in [5.41, 5.74) is 1.03. The number of para-hydroxylation sites is 1. The molecule has 0 spiro atoms. The average molecular weight is 232 g/mol. The van der Waals surface area contributed by atoms with E-state index >= 15 is 0 Å². The molecular weight excluding hydrogens is 216 g/mol. The maximum Gasteiger partial charge on any atom is 0.326 e. The number of benzene rings is 1. The molecule has 0 heterocycles. The third-order valence-electron chi connectivity index (χ3n) is 2.38. The van der Waals surface area contributed by atoms with E-state index in [0.29, 0.717) is 17.7 Å². The van der Waals surface area contributed by atoms with Gasteiger partial charge in [0.05, 0.1) is 11.3 Å². The van der Waals surface area contributed by atoms with Crippen LogP contribution in [-0.4, -0.2) is 17.1 Å². The van der Waals surface area contributed by atoms with Crippen LogP contribution in [0.3, 0.4) is 0 Å². The molecule has 0 saturated heterocycles. The second kappa shape index (κ2) is 5.90. The molecule has 0 aliphatic heterocycles. The number of carboxylic acid groups (broad SMARTS) is 1. The van der Waals surface area contributed by atoms with Crippen LogP contribution in [0.1, 0.15) is 25.8 Å². The minimum atomic E-state index is -0.897. The van der Waals surface area contributed by atoms with Crippen molar-refractivity contribution in [2.45, 2.75) is 26.3 Å². The lowest BCUT2D eigenvalue weighted by Gasteiger charge is -2.18. The second-order valence-corrected chi connectivity index (χ2v) is 4.32. The highest BCUT2D eigenvalue weighted by molar-refractivity contribution is 5.78. The third kappa shape index (κ3) is 3.80. The Kier molecular flexibility index (Phi) is 4.53. The van der Waals surface area contributed by atoms with Crippen LogP contribution < -0.4 is 5.32 Å². The van der Waals surface area contributed by atoms with Crippen molar-refractivity contribution in [3.8, 4) is 6.07 Å². The van der Waals surface area contributed by atoms with Crippen molar-refractivity contribution in [1.29, 1.82) is 5.26 Å². The van der Waals surface area contributed by atoms with Gasteiger partial charge in [0.15, 0.2) is 0 Å². The molecule has 1 aromatic rings. The molecule has 1 atom stereocenters. The van der Waals surface area contributed by atoms with E-state index in [1.54, 1.807) is 24.3 Å². The summed E-state index contributed by atoms with van der Waals surface area (Å²) in [7, 11) is 0. The predicted molar refractivity (Wildman–Crippen MR) is 65.7 cm³/mol. The van der Waals surface area contributed by atoms with Gasteiger partial charge in [-0.15, -0.1) is 0 Å². The van der Waals surface area contributed by atoms with Crippen molar-refractivity contribution in [3.63, 3.8) is 0 Å². The zero-order valence-electron chi connectivity index (χ0n) is 9.97. The molecule has 0 radical (unpaired) electrons. The zero-order valence-corrected chi connectivity index (χ0v) is 9.97. The molecule has 0 fully saturated rings. The highest BCUT2D eigenvalue weighted by atomic mass is 16.4. The summed E-state index contributed by atoms with van der Waals surface area (Å²) in [6, 6.07) is 8.28. The van der Waals surface area contributed by atoms with Crippen molar-refractivity contribution in [2.75, 3.05) is 5.32 Å². The first kappa shape index (κ1) is 13.0. The Labute approximate surface area is 101 Å². The lowest BCUT2D eigenvalue weighted by Crippen LogP contribution is -2.31. The van der Waals surface area contributed by atoms with Gasteiger partial charge in [-0.2, -0.15) is 5.26 Å². The van der Waals surface area contributed by atoms with E-state index in [1.165, 1.54) is 0 Å². The molecule has 1 rings (SSSR count). The van der Waals surface area contributed by atoms with Gasteiger partial charge in [-0.1, -0.05) is 26.0 Å². The Morgan fingerprint density at radius 3 is 2.65 bits per heavy atom. The zero-order chi connectivity index (χ0) is 12.8. The summed E-state index contributed by atoms with van der Waals surface area (Å²) in [6.45, 7) is 3.93. The number of nitrogens with one attached hydrogen (secondary N) is 1. The van der Waals surface area contributed by atoms with Gasteiger partial charge in [-0.05, 0) is 24.5 Å². The van der Waals surface area contributed by atoms with Crippen LogP contribution in [0.25, 0.3) is 0 Å². The summed E-state index contributed by atoms with van der Waals surface area (Å²) in [4.78, 5) is 11.1. The molecule has 90 valence electrons. The number of rotatable bonds is 5. The molecule has 0 aromatic heterocycles. The number of carboxylic acids is 1. The molecule has 4 heteroatoms. The number of hydrogen-bond acceptors (Lipinski definition) is 3. The highest BCUT2D eigenvalue weighted by Gasteiger charge is 2.19. The number of nitriles is 1. The maximum atomic E-state index is 11.1. The van der Waals surface area contributed by atoms with Crippen LogP contribution in [0.15, 0.2) is 24.3 Å². The predicted octanol–water partition coefficient (Wildman–Crippen LogP) is 2.47. The molecule has 17 heavy (non-hydrogen) atoms. The molecule has 0 aliphatic carbocycles. The van der Waals surface area contributed by atoms with Crippen molar-refractivity contribution < 1.29 is 9.90 Å². The van der Waals surface area contributed by atoms with Gasteiger partial charge in [0.1, 0.15) is 12.1 Å². The van der Waals surface area contributed by atoms with Gasteiger partial charge >= 0.3 is 5.97 Å². The van der Waals surface area contributed by atoms with Crippen LogP contribution in [-0.2, 0) is 4.79 Å². The van der Waals surface area contributed by atoms with E-state index in [-0.39, 0.29) is 5.92 Å². The molecule has 4 nitrogen and oxygen atoms in total. The van der Waals surface area contributed by atoms with Crippen molar-refractivity contribution in [3.05, 3.63) is 29.8 Å². The van der Waals surface area contributed by atoms with E-state index in [9.17, 15) is 4.79 Å². The number of anilines is 1. The van der Waals surface area contributed by atoms with E-state index in [1.807, 2.05) is 19.9 Å². The van der Waals surface area contributed by atoms with Gasteiger partial charge in [0.25, 0.3) is 0 Å². The highest BCUT2D eigenvalue weighted by Crippen LogP contribution is 2.17. The fraction of sp³-hybridized carbons (Fsp3) is 0.385. The van der Waals surface area contributed by atoms with Crippen LogP contribution in [0, 0.1) is 17.2 Å². The minimum Gasteiger partial charge on any atom is -0.480 e. The topological polar surface area (TPSA) is 73.1 Å². The summed E-state index contributed by atoms with van der Waals surface area (Å²) in [5.74, 6) is -0.621. The number of aliphatic carboxylic acids is 1. The molecular formula is C13H16N2O2. The van der Waals surface area contributed by atoms with Crippen LogP contribution in [0.2, 0.25) is 0 Å². The first-order valence-corrected chi connectivity index (χ1v) is 5.53. The lowest BCUT2D eigenvalue weighted by atomic mass is 10.0. The van der Waals surface area contributed by atoms with Gasteiger partial charge in [-0.3, -0.25) is 0 Å². The quantitative estimate of drug-likeness (QED) is 0.817. The summed E-state index contributed by atoms with van der Waals surface area (Å²) >= 11 is 0. The number of nitrogens with zero attached hydrogens (tertiary/aromatic N) is 1. The average Bonchev–Trinajstić information content (AvgIpc) is 2.28. The van der Waals surface area contributed by atoms with Crippen LogP contribution >= 0.6 is 0 Å². The minimum absolute atomic E-state index is 0.276. The molecule has 1 aromatic carbocycles. The third-order valence-corrected chi connectivity index (χ3v) is 2.38. The molecule has 0 bridgehead atoms. The smallest absolute Gasteiger partial charge is 0.326 e. The van der Waals surface area contributed by atoms with Gasteiger partial charge in [0, 0.05) is 0 Å². The largest absolute Gasteiger partial charge is 0.480 e. The summed E-state index contributed by atoms with van der Waals surface area (Å²) < 4.78 is 0. The Balaban J connectivity index is 2.86. The molecule has 0 unspecified atom stereocenters. The van der Waals surface area contributed by atoms with Crippen LogP contribution in [0.5, 0.6) is 0 Å². The maximum absolute atomic E-state index is 11.1. The Bertz CT molecular complexity index is 435. The van der Waals surface area contributed by atoms with Crippen molar-refractivity contribution >= 4 is 11.7 Å². The number of carbonyl (C=O) groups is 1. The van der Waals surface area contributed by atoms with E-state index in [0.717, 1.165) is 0 Å². The van der Waals surface area contributed by atoms with E-state index in [4.69, 9.17) is 10.4 Å². The first-order chi connectivity index (χ1) is 8.04. The fourth-order valence-electron chi connectivity index (χ4n) is 1.59. The van der Waals surface area contributed by atoms with Gasteiger partial charge < -0.3 is 10.4 Å². The SMILES string of the molecule is CC(C)C[C@H](Nc1ccccc1C#N)C(=O)O.